The Hall–Kier alpha value is -0.120. The van der Waals surface area contributed by atoms with Crippen molar-refractivity contribution in [1.82, 2.24) is 4.90 Å². The van der Waals surface area contributed by atoms with E-state index >= 15 is 0 Å². The summed E-state index contributed by atoms with van der Waals surface area (Å²) in [6.45, 7) is 0.873. The molecule has 0 unspecified atom stereocenters. The summed E-state index contributed by atoms with van der Waals surface area (Å²) in [4.78, 5) is 2.37. The van der Waals surface area contributed by atoms with Crippen molar-refractivity contribution in [2.75, 3.05) is 27.8 Å². The van der Waals surface area contributed by atoms with Gasteiger partial charge in [-0.25, -0.2) is 0 Å². The molecule has 3 nitrogen and oxygen atoms in total. The van der Waals surface area contributed by atoms with Gasteiger partial charge in [-0.2, -0.15) is 0 Å². The van der Waals surface area contributed by atoms with E-state index in [0.717, 1.165) is 12.6 Å². The average molecular weight is 201 g/mol. The largest absolute Gasteiger partial charge is 0.355 e. The van der Waals surface area contributed by atoms with Gasteiger partial charge in [0.05, 0.1) is 0 Å². The Morgan fingerprint density at radius 2 is 1.71 bits per heavy atom. The van der Waals surface area contributed by atoms with Gasteiger partial charge in [0.1, 0.15) is 0 Å². The van der Waals surface area contributed by atoms with Crippen molar-refractivity contribution in [3.8, 4) is 0 Å². The molecular weight excluding hydrogens is 178 g/mol. The molecule has 0 saturated heterocycles. The summed E-state index contributed by atoms with van der Waals surface area (Å²) in [7, 11) is 5.56. The molecule has 1 fully saturated rings. The predicted molar refractivity (Wildman–Crippen MR) is 57.3 cm³/mol. The summed E-state index contributed by atoms with van der Waals surface area (Å²) in [5.41, 5.74) is 0. The Morgan fingerprint density at radius 3 is 2.21 bits per heavy atom. The first-order valence-electron chi connectivity index (χ1n) is 5.53. The molecule has 0 bridgehead atoms. The van der Waals surface area contributed by atoms with Crippen molar-refractivity contribution in [2.24, 2.45) is 0 Å². The molecule has 0 aromatic rings. The molecule has 0 amide bonds. The topological polar surface area (TPSA) is 21.7 Å². The molecule has 14 heavy (non-hydrogen) atoms. The first kappa shape index (κ1) is 12.0. The fourth-order valence-corrected chi connectivity index (χ4v) is 2.15. The third-order valence-electron chi connectivity index (χ3n) is 3.16. The molecule has 0 spiro atoms. The molecule has 0 aromatic heterocycles. The summed E-state index contributed by atoms with van der Waals surface area (Å²) < 4.78 is 10.4. The van der Waals surface area contributed by atoms with Crippen LogP contribution in [0.3, 0.4) is 0 Å². The highest BCUT2D eigenvalue weighted by Crippen LogP contribution is 2.21. The van der Waals surface area contributed by atoms with E-state index in [1.807, 2.05) is 0 Å². The summed E-state index contributed by atoms with van der Waals surface area (Å²) in [5, 5.41) is 0. The molecule has 1 aliphatic rings. The Morgan fingerprint density at radius 1 is 1.14 bits per heavy atom. The van der Waals surface area contributed by atoms with Gasteiger partial charge in [0.15, 0.2) is 6.29 Å². The Labute approximate surface area is 87.4 Å². The first-order valence-corrected chi connectivity index (χ1v) is 5.53. The second kappa shape index (κ2) is 6.38. The zero-order valence-electron chi connectivity index (χ0n) is 9.66. The third kappa shape index (κ3) is 3.56. The number of rotatable bonds is 5. The van der Waals surface area contributed by atoms with Gasteiger partial charge in [0.2, 0.25) is 0 Å². The smallest absolute Gasteiger partial charge is 0.169 e. The molecule has 0 aliphatic heterocycles. The number of nitrogens with zero attached hydrogens (tertiary/aromatic N) is 1. The standard InChI is InChI=1S/C11H23NO2/c1-12(9-11(13-2)14-3)10-7-5-4-6-8-10/h10-11H,4-9H2,1-3H3. The van der Waals surface area contributed by atoms with Crippen LogP contribution in [-0.2, 0) is 9.47 Å². The highest BCUT2D eigenvalue weighted by Gasteiger charge is 2.20. The molecule has 0 N–H and O–H groups in total. The molecule has 0 heterocycles. The number of hydrogen-bond acceptors (Lipinski definition) is 3. The maximum absolute atomic E-state index is 5.20. The highest BCUT2D eigenvalue weighted by molar-refractivity contribution is 4.73. The Balaban J connectivity index is 2.27. The van der Waals surface area contributed by atoms with E-state index in [1.54, 1.807) is 14.2 Å². The minimum atomic E-state index is -0.0815. The average Bonchev–Trinajstić information content (AvgIpc) is 2.26. The summed E-state index contributed by atoms with van der Waals surface area (Å²) in [6, 6.07) is 0.733. The fourth-order valence-electron chi connectivity index (χ4n) is 2.15. The minimum Gasteiger partial charge on any atom is -0.355 e. The lowest BCUT2D eigenvalue weighted by atomic mass is 9.94. The molecule has 3 heteroatoms. The van der Waals surface area contributed by atoms with E-state index in [9.17, 15) is 0 Å². The van der Waals surface area contributed by atoms with Crippen LogP contribution < -0.4 is 0 Å². The van der Waals surface area contributed by atoms with E-state index in [1.165, 1.54) is 32.1 Å². The van der Waals surface area contributed by atoms with Crippen molar-refractivity contribution in [3.05, 3.63) is 0 Å². The van der Waals surface area contributed by atoms with Gasteiger partial charge in [-0.05, 0) is 19.9 Å². The van der Waals surface area contributed by atoms with Gasteiger partial charge in [-0.15, -0.1) is 0 Å². The van der Waals surface area contributed by atoms with Crippen LogP contribution in [0.1, 0.15) is 32.1 Å². The maximum Gasteiger partial charge on any atom is 0.169 e. The first-order chi connectivity index (χ1) is 6.77. The van der Waals surface area contributed by atoms with Gasteiger partial charge in [0.25, 0.3) is 0 Å². The number of hydrogen-bond donors (Lipinski definition) is 0. The van der Waals surface area contributed by atoms with Gasteiger partial charge in [0, 0.05) is 26.8 Å². The number of methoxy groups -OCH3 is 2. The van der Waals surface area contributed by atoms with Crippen LogP contribution in [0.5, 0.6) is 0 Å². The maximum atomic E-state index is 5.20. The van der Waals surface area contributed by atoms with Crippen molar-refractivity contribution in [2.45, 2.75) is 44.4 Å². The fraction of sp³-hybridized carbons (Fsp3) is 1.00. The molecule has 1 saturated carbocycles. The van der Waals surface area contributed by atoms with Gasteiger partial charge in [-0.3, -0.25) is 4.90 Å². The summed E-state index contributed by atoms with van der Waals surface area (Å²) >= 11 is 0. The van der Waals surface area contributed by atoms with E-state index in [4.69, 9.17) is 9.47 Å². The van der Waals surface area contributed by atoms with E-state index < -0.39 is 0 Å². The van der Waals surface area contributed by atoms with E-state index in [-0.39, 0.29) is 6.29 Å². The van der Waals surface area contributed by atoms with Crippen LogP contribution in [-0.4, -0.2) is 45.0 Å². The van der Waals surface area contributed by atoms with Crippen LogP contribution in [0.2, 0.25) is 0 Å². The molecule has 84 valence electrons. The SMILES string of the molecule is COC(CN(C)C1CCCCC1)OC. The zero-order chi connectivity index (χ0) is 10.4. The third-order valence-corrected chi connectivity index (χ3v) is 3.16. The van der Waals surface area contributed by atoms with Crippen molar-refractivity contribution in [1.29, 1.82) is 0 Å². The quantitative estimate of drug-likeness (QED) is 0.634. The van der Waals surface area contributed by atoms with Crippen molar-refractivity contribution in [3.63, 3.8) is 0 Å². The Bertz CT molecular complexity index is 142. The number of ether oxygens (including phenoxy) is 2. The van der Waals surface area contributed by atoms with Gasteiger partial charge >= 0.3 is 0 Å². The van der Waals surface area contributed by atoms with Crippen molar-refractivity contribution < 1.29 is 9.47 Å². The van der Waals surface area contributed by atoms with Crippen LogP contribution in [0.4, 0.5) is 0 Å². The number of likely N-dealkylation sites (N-methyl/N-ethyl adjacent to an activating group) is 1. The monoisotopic (exact) mass is 201 g/mol. The van der Waals surface area contributed by atoms with Crippen molar-refractivity contribution >= 4 is 0 Å². The van der Waals surface area contributed by atoms with Crippen LogP contribution in [0.15, 0.2) is 0 Å². The molecule has 0 radical (unpaired) electrons. The second-order valence-electron chi connectivity index (χ2n) is 4.13. The molecule has 0 atom stereocenters. The lowest BCUT2D eigenvalue weighted by Crippen LogP contribution is -2.39. The zero-order valence-corrected chi connectivity index (χ0v) is 9.66. The Kier molecular flexibility index (Phi) is 5.45. The minimum absolute atomic E-state index is 0.0815. The summed E-state index contributed by atoms with van der Waals surface area (Å²) in [5.74, 6) is 0. The van der Waals surface area contributed by atoms with E-state index in [2.05, 4.69) is 11.9 Å². The predicted octanol–water partition coefficient (Wildman–Crippen LogP) is 1.87. The van der Waals surface area contributed by atoms with Gasteiger partial charge < -0.3 is 9.47 Å². The second-order valence-corrected chi connectivity index (χ2v) is 4.13. The molecule has 1 aliphatic carbocycles. The highest BCUT2D eigenvalue weighted by atomic mass is 16.7. The molecule has 0 aromatic carbocycles. The molecule has 1 rings (SSSR count). The summed E-state index contributed by atoms with van der Waals surface area (Å²) in [6.07, 6.45) is 6.73. The molecular formula is C11H23NO2. The lowest BCUT2D eigenvalue weighted by Gasteiger charge is -2.32. The van der Waals surface area contributed by atoms with Crippen LogP contribution in [0, 0.1) is 0 Å². The van der Waals surface area contributed by atoms with Crippen LogP contribution in [0.25, 0.3) is 0 Å². The normalized spacial score (nSPS) is 19.5. The van der Waals surface area contributed by atoms with Crippen LogP contribution >= 0.6 is 0 Å². The lowest BCUT2D eigenvalue weighted by molar-refractivity contribution is -0.118. The van der Waals surface area contributed by atoms with Gasteiger partial charge in [-0.1, -0.05) is 19.3 Å². The van der Waals surface area contributed by atoms with E-state index in [0.29, 0.717) is 0 Å².